The fourth-order valence-corrected chi connectivity index (χ4v) is 4.27. The minimum atomic E-state index is -3.64. The van der Waals surface area contributed by atoms with Crippen LogP contribution >= 0.6 is 27.5 Å². The quantitative estimate of drug-likeness (QED) is 0.731. The van der Waals surface area contributed by atoms with Gasteiger partial charge in [0, 0.05) is 17.4 Å². The summed E-state index contributed by atoms with van der Waals surface area (Å²) in [6.07, 6.45) is 0. The standard InChI is InChI=1S/C15H15BrClNO2S/c1-11-4-3-5-13(8-11)18(2)21(19,20)15-9-12(10-17)6-7-14(15)16/h3-9H,10H2,1-2H3. The summed E-state index contributed by atoms with van der Waals surface area (Å²) in [5.74, 6) is 0.268. The fourth-order valence-electron chi connectivity index (χ4n) is 1.94. The maximum absolute atomic E-state index is 12.8. The summed E-state index contributed by atoms with van der Waals surface area (Å²) in [6, 6.07) is 12.5. The molecule has 2 aromatic rings. The van der Waals surface area contributed by atoms with Crippen LogP contribution in [0.1, 0.15) is 11.1 Å². The highest BCUT2D eigenvalue weighted by Crippen LogP contribution is 2.29. The molecule has 2 aromatic carbocycles. The van der Waals surface area contributed by atoms with E-state index >= 15 is 0 Å². The Hall–Kier alpha value is -1.04. The summed E-state index contributed by atoms with van der Waals surface area (Å²) < 4.78 is 27.4. The highest BCUT2D eigenvalue weighted by Gasteiger charge is 2.24. The molecule has 6 heteroatoms. The highest BCUT2D eigenvalue weighted by atomic mass is 79.9. The van der Waals surface area contributed by atoms with Gasteiger partial charge in [-0.3, -0.25) is 4.31 Å². The van der Waals surface area contributed by atoms with Gasteiger partial charge in [-0.15, -0.1) is 11.6 Å². The Morgan fingerprint density at radius 2 is 1.90 bits per heavy atom. The van der Waals surface area contributed by atoms with Gasteiger partial charge in [-0.1, -0.05) is 18.2 Å². The summed E-state index contributed by atoms with van der Waals surface area (Å²) in [5, 5.41) is 0. The Labute approximate surface area is 138 Å². The van der Waals surface area contributed by atoms with E-state index in [4.69, 9.17) is 11.6 Å². The monoisotopic (exact) mass is 387 g/mol. The minimum absolute atomic E-state index is 0.213. The summed E-state index contributed by atoms with van der Waals surface area (Å²) >= 11 is 9.10. The number of nitrogens with zero attached hydrogens (tertiary/aromatic N) is 1. The Morgan fingerprint density at radius 1 is 1.19 bits per heavy atom. The molecular weight excluding hydrogens is 374 g/mol. The van der Waals surface area contributed by atoms with Crippen LogP contribution in [0.3, 0.4) is 0 Å². The third-order valence-electron chi connectivity index (χ3n) is 3.15. The highest BCUT2D eigenvalue weighted by molar-refractivity contribution is 9.10. The molecule has 0 atom stereocenters. The number of halogens is 2. The van der Waals surface area contributed by atoms with Crippen molar-refractivity contribution in [3.63, 3.8) is 0 Å². The summed E-state index contributed by atoms with van der Waals surface area (Å²) in [4.78, 5) is 0.213. The van der Waals surface area contributed by atoms with Crippen LogP contribution in [-0.2, 0) is 15.9 Å². The Balaban J connectivity index is 2.51. The minimum Gasteiger partial charge on any atom is -0.269 e. The lowest BCUT2D eigenvalue weighted by Gasteiger charge is -2.21. The predicted molar refractivity (Wildman–Crippen MR) is 90.5 cm³/mol. The van der Waals surface area contributed by atoms with Gasteiger partial charge in [0.1, 0.15) is 4.90 Å². The zero-order valence-electron chi connectivity index (χ0n) is 11.7. The number of benzene rings is 2. The fraction of sp³-hybridized carbons (Fsp3) is 0.200. The number of aryl methyl sites for hydroxylation is 1. The molecular formula is C15H15BrClNO2S. The van der Waals surface area contributed by atoms with Crippen LogP contribution in [0.15, 0.2) is 51.8 Å². The molecule has 2 rings (SSSR count). The molecule has 0 aliphatic carbocycles. The lowest BCUT2D eigenvalue weighted by molar-refractivity contribution is 0.594. The van der Waals surface area contributed by atoms with Crippen molar-refractivity contribution in [2.75, 3.05) is 11.4 Å². The molecule has 0 amide bonds. The average molecular weight is 389 g/mol. The van der Waals surface area contributed by atoms with Gasteiger partial charge >= 0.3 is 0 Å². The van der Waals surface area contributed by atoms with Crippen molar-refractivity contribution in [2.45, 2.75) is 17.7 Å². The first-order valence-electron chi connectivity index (χ1n) is 6.26. The summed E-state index contributed by atoms with van der Waals surface area (Å²) in [7, 11) is -2.10. The molecule has 0 aliphatic heterocycles. The van der Waals surface area contributed by atoms with Crippen LogP contribution in [-0.4, -0.2) is 15.5 Å². The molecule has 3 nitrogen and oxygen atoms in total. The first-order valence-corrected chi connectivity index (χ1v) is 9.03. The van der Waals surface area contributed by atoms with Crippen molar-refractivity contribution in [1.82, 2.24) is 0 Å². The molecule has 0 saturated carbocycles. The second kappa shape index (κ2) is 6.38. The lowest BCUT2D eigenvalue weighted by Crippen LogP contribution is -2.27. The lowest BCUT2D eigenvalue weighted by atomic mass is 10.2. The van der Waals surface area contributed by atoms with Gasteiger partial charge in [0.05, 0.1) is 5.69 Å². The van der Waals surface area contributed by atoms with Gasteiger partial charge in [0.2, 0.25) is 0 Å². The van der Waals surface area contributed by atoms with E-state index in [0.29, 0.717) is 10.2 Å². The maximum Gasteiger partial charge on any atom is 0.265 e. The van der Waals surface area contributed by atoms with Crippen LogP contribution in [0, 0.1) is 6.92 Å². The van der Waals surface area contributed by atoms with Gasteiger partial charge in [0.25, 0.3) is 10.0 Å². The number of sulfonamides is 1. The third kappa shape index (κ3) is 3.42. The molecule has 0 N–H and O–H groups in total. The molecule has 0 bridgehead atoms. The molecule has 0 fully saturated rings. The van der Waals surface area contributed by atoms with Gasteiger partial charge in [-0.05, 0) is 58.2 Å². The van der Waals surface area contributed by atoms with E-state index in [2.05, 4.69) is 15.9 Å². The number of rotatable bonds is 4. The van der Waals surface area contributed by atoms with Crippen LogP contribution in [0.4, 0.5) is 5.69 Å². The Bertz CT molecular complexity index is 762. The predicted octanol–water partition coefficient (Wildman–Crippen LogP) is 4.32. The van der Waals surface area contributed by atoms with Crippen molar-refractivity contribution in [3.8, 4) is 0 Å². The SMILES string of the molecule is Cc1cccc(N(C)S(=O)(=O)c2cc(CCl)ccc2Br)c1. The molecule has 0 radical (unpaired) electrons. The smallest absolute Gasteiger partial charge is 0.265 e. The van der Waals surface area contributed by atoms with E-state index in [9.17, 15) is 8.42 Å². The van der Waals surface area contributed by atoms with E-state index < -0.39 is 10.0 Å². The summed E-state index contributed by atoms with van der Waals surface area (Å²) in [5.41, 5.74) is 2.39. The first kappa shape index (κ1) is 16.3. The molecule has 0 aliphatic rings. The molecule has 0 unspecified atom stereocenters. The molecule has 0 aromatic heterocycles. The largest absolute Gasteiger partial charge is 0.269 e. The van der Waals surface area contributed by atoms with E-state index in [-0.39, 0.29) is 10.8 Å². The molecule has 21 heavy (non-hydrogen) atoms. The number of hydrogen-bond donors (Lipinski definition) is 0. The molecule has 0 saturated heterocycles. The van der Waals surface area contributed by atoms with Crippen molar-refractivity contribution in [1.29, 1.82) is 0 Å². The van der Waals surface area contributed by atoms with Crippen molar-refractivity contribution < 1.29 is 8.42 Å². The molecule has 112 valence electrons. The summed E-state index contributed by atoms with van der Waals surface area (Å²) in [6.45, 7) is 1.92. The average Bonchev–Trinajstić information content (AvgIpc) is 2.46. The van der Waals surface area contributed by atoms with Crippen molar-refractivity contribution in [2.24, 2.45) is 0 Å². The van der Waals surface area contributed by atoms with Crippen molar-refractivity contribution in [3.05, 3.63) is 58.1 Å². The van der Waals surface area contributed by atoms with E-state index in [1.807, 2.05) is 25.1 Å². The van der Waals surface area contributed by atoms with Gasteiger partial charge in [-0.25, -0.2) is 8.42 Å². The van der Waals surface area contributed by atoms with E-state index in [0.717, 1.165) is 11.1 Å². The van der Waals surface area contributed by atoms with Crippen LogP contribution in [0.5, 0.6) is 0 Å². The zero-order valence-corrected chi connectivity index (χ0v) is 14.8. The van der Waals surface area contributed by atoms with Gasteiger partial charge in [0.15, 0.2) is 0 Å². The third-order valence-corrected chi connectivity index (χ3v) is 6.24. The van der Waals surface area contributed by atoms with Crippen molar-refractivity contribution >= 4 is 43.2 Å². The van der Waals surface area contributed by atoms with E-state index in [1.165, 1.54) is 4.31 Å². The molecule has 0 heterocycles. The maximum atomic E-state index is 12.8. The Morgan fingerprint density at radius 3 is 2.52 bits per heavy atom. The molecule has 0 spiro atoms. The Kier molecular flexibility index (Phi) is 4.96. The second-order valence-electron chi connectivity index (χ2n) is 4.71. The number of alkyl halides is 1. The number of hydrogen-bond acceptors (Lipinski definition) is 2. The second-order valence-corrected chi connectivity index (χ2v) is 7.77. The van der Waals surface area contributed by atoms with Crippen LogP contribution < -0.4 is 4.31 Å². The number of anilines is 1. The van der Waals surface area contributed by atoms with Gasteiger partial charge in [-0.2, -0.15) is 0 Å². The normalized spacial score (nSPS) is 11.4. The topological polar surface area (TPSA) is 37.4 Å². The van der Waals surface area contributed by atoms with Crippen LogP contribution in [0.25, 0.3) is 0 Å². The van der Waals surface area contributed by atoms with Gasteiger partial charge < -0.3 is 0 Å². The zero-order chi connectivity index (χ0) is 15.6. The van der Waals surface area contributed by atoms with Crippen LogP contribution in [0.2, 0.25) is 0 Å². The van der Waals surface area contributed by atoms with E-state index in [1.54, 1.807) is 31.3 Å². The first-order chi connectivity index (χ1) is 9.86.